The molecule has 1 aromatic rings. The van der Waals surface area contributed by atoms with Gasteiger partial charge in [-0.25, -0.2) is 4.79 Å². The molecule has 0 atom stereocenters. The Morgan fingerprint density at radius 2 is 1.67 bits per heavy atom. The molecule has 1 rings (SSSR count). The fourth-order valence-electron chi connectivity index (χ4n) is 1.73. The van der Waals surface area contributed by atoms with Gasteiger partial charge in [-0.2, -0.15) is 0 Å². The summed E-state index contributed by atoms with van der Waals surface area (Å²) in [5, 5.41) is 0. The molecule has 0 aliphatic rings. The number of esters is 1. The highest BCUT2D eigenvalue weighted by Gasteiger charge is 2.24. The molecule has 0 heterocycles. The smallest absolute Gasteiger partial charge is 0.340 e. The zero-order chi connectivity index (χ0) is 14.1. The molecule has 18 heavy (non-hydrogen) atoms. The van der Waals surface area contributed by atoms with Crippen LogP contribution >= 0.6 is 0 Å². The molecule has 0 saturated carbocycles. The summed E-state index contributed by atoms with van der Waals surface area (Å²) in [6.45, 7) is 11.7. The number of anilines is 1. The van der Waals surface area contributed by atoms with Gasteiger partial charge in [0, 0.05) is 5.69 Å². The Balaban J connectivity index is 3.16. The molecule has 3 nitrogen and oxygen atoms in total. The minimum atomic E-state index is -0.513. The quantitative estimate of drug-likeness (QED) is 0.612. The molecule has 0 unspecified atom stereocenters. The van der Waals surface area contributed by atoms with Crippen molar-refractivity contribution in [3.8, 4) is 0 Å². The third-order valence-electron chi connectivity index (χ3n) is 2.53. The van der Waals surface area contributed by atoms with Crippen LogP contribution in [0.4, 0.5) is 5.69 Å². The van der Waals surface area contributed by atoms with Gasteiger partial charge in [0.2, 0.25) is 0 Å². The number of benzene rings is 1. The Labute approximate surface area is 109 Å². The lowest BCUT2D eigenvalue weighted by atomic mass is 9.84. The van der Waals surface area contributed by atoms with Gasteiger partial charge in [0.15, 0.2) is 0 Å². The summed E-state index contributed by atoms with van der Waals surface area (Å²) in [5.74, 6) is -0.369. The molecule has 0 aliphatic heterocycles. The van der Waals surface area contributed by atoms with E-state index in [4.69, 9.17) is 10.5 Å². The number of carbonyl (C=O) groups excluding carboxylic acids is 1. The second-order valence-corrected chi connectivity index (χ2v) is 6.52. The predicted molar refractivity (Wildman–Crippen MR) is 74.7 cm³/mol. The second kappa shape index (κ2) is 4.63. The van der Waals surface area contributed by atoms with E-state index in [1.165, 1.54) is 0 Å². The molecule has 0 saturated heterocycles. The van der Waals surface area contributed by atoms with Gasteiger partial charge >= 0.3 is 5.97 Å². The van der Waals surface area contributed by atoms with E-state index in [1.54, 1.807) is 6.07 Å². The van der Waals surface area contributed by atoms with E-state index in [0.29, 0.717) is 11.3 Å². The van der Waals surface area contributed by atoms with Crippen LogP contribution in [0, 0.1) is 0 Å². The molecule has 100 valence electrons. The first-order valence-electron chi connectivity index (χ1n) is 6.15. The van der Waals surface area contributed by atoms with Gasteiger partial charge in [0.1, 0.15) is 5.60 Å². The molecular weight excluding hydrogens is 226 g/mol. The van der Waals surface area contributed by atoms with Crippen molar-refractivity contribution in [1.82, 2.24) is 0 Å². The Hall–Kier alpha value is -1.51. The monoisotopic (exact) mass is 249 g/mol. The predicted octanol–water partition coefficient (Wildman–Crippen LogP) is 3.52. The number of nitrogen functional groups attached to an aromatic ring is 1. The minimum absolute atomic E-state index is 0.0951. The molecular formula is C15H23NO2. The number of hydrogen-bond donors (Lipinski definition) is 1. The van der Waals surface area contributed by atoms with Gasteiger partial charge in [-0.1, -0.05) is 32.9 Å². The zero-order valence-electron chi connectivity index (χ0n) is 12.1. The number of ether oxygens (including phenoxy) is 1. The first kappa shape index (κ1) is 14.6. The standard InChI is InChI=1S/C15H23NO2/c1-14(2,3)11-9-7-8-10(12(11)16)13(17)18-15(4,5)6/h7-9H,16H2,1-6H3. The topological polar surface area (TPSA) is 52.3 Å². The lowest BCUT2D eigenvalue weighted by Gasteiger charge is -2.24. The van der Waals surface area contributed by atoms with Crippen LogP contribution in [-0.4, -0.2) is 11.6 Å². The third-order valence-corrected chi connectivity index (χ3v) is 2.53. The normalized spacial score (nSPS) is 12.3. The molecule has 0 aliphatic carbocycles. The van der Waals surface area contributed by atoms with E-state index < -0.39 is 5.60 Å². The maximum atomic E-state index is 12.1. The number of nitrogens with two attached hydrogens (primary N) is 1. The van der Waals surface area contributed by atoms with Gasteiger partial charge in [-0.15, -0.1) is 0 Å². The van der Waals surface area contributed by atoms with Crippen molar-refractivity contribution < 1.29 is 9.53 Å². The van der Waals surface area contributed by atoms with Crippen LogP contribution in [0.1, 0.15) is 57.5 Å². The lowest BCUT2D eigenvalue weighted by molar-refractivity contribution is 0.00707. The fraction of sp³-hybridized carbons (Fsp3) is 0.533. The van der Waals surface area contributed by atoms with Gasteiger partial charge < -0.3 is 10.5 Å². The highest BCUT2D eigenvalue weighted by molar-refractivity contribution is 5.96. The molecule has 0 amide bonds. The van der Waals surface area contributed by atoms with Gasteiger partial charge in [0.05, 0.1) is 5.56 Å². The summed E-state index contributed by atoms with van der Waals surface area (Å²) in [6, 6.07) is 5.50. The van der Waals surface area contributed by atoms with Crippen LogP contribution in [0.25, 0.3) is 0 Å². The summed E-state index contributed by atoms with van der Waals surface area (Å²) in [5.41, 5.74) is 7.40. The molecule has 0 bridgehead atoms. The van der Waals surface area contributed by atoms with E-state index >= 15 is 0 Å². The van der Waals surface area contributed by atoms with E-state index in [2.05, 4.69) is 20.8 Å². The maximum Gasteiger partial charge on any atom is 0.340 e. The summed E-state index contributed by atoms with van der Waals surface area (Å²) in [6.07, 6.45) is 0. The van der Waals surface area contributed by atoms with E-state index in [-0.39, 0.29) is 11.4 Å². The largest absolute Gasteiger partial charge is 0.456 e. The molecule has 3 heteroatoms. The first-order valence-corrected chi connectivity index (χ1v) is 6.15. The Bertz CT molecular complexity index is 451. The van der Waals surface area contributed by atoms with Crippen LogP contribution in [0.3, 0.4) is 0 Å². The van der Waals surface area contributed by atoms with Crippen LogP contribution in [0.5, 0.6) is 0 Å². The van der Waals surface area contributed by atoms with E-state index in [1.807, 2.05) is 32.9 Å². The number of hydrogen-bond acceptors (Lipinski definition) is 3. The SMILES string of the molecule is CC(C)(C)OC(=O)c1cccc(C(C)(C)C)c1N. The van der Waals surface area contributed by atoms with Crippen molar-refractivity contribution in [3.63, 3.8) is 0 Å². The van der Waals surface area contributed by atoms with Crippen molar-refractivity contribution in [2.24, 2.45) is 0 Å². The van der Waals surface area contributed by atoms with Crippen LogP contribution in [0.2, 0.25) is 0 Å². The van der Waals surface area contributed by atoms with Crippen molar-refractivity contribution in [2.45, 2.75) is 52.6 Å². The molecule has 0 spiro atoms. The van der Waals surface area contributed by atoms with Crippen molar-refractivity contribution >= 4 is 11.7 Å². The Kier molecular flexibility index (Phi) is 3.75. The highest BCUT2D eigenvalue weighted by Crippen LogP contribution is 2.30. The molecule has 0 fully saturated rings. The molecule has 0 radical (unpaired) electrons. The van der Waals surface area contributed by atoms with Gasteiger partial charge in [0.25, 0.3) is 0 Å². The highest BCUT2D eigenvalue weighted by atomic mass is 16.6. The first-order chi connectivity index (χ1) is 8.02. The maximum absolute atomic E-state index is 12.1. The number of para-hydroxylation sites is 1. The average molecular weight is 249 g/mol. The van der Waals surface area contributed by atoms with Crippen molar-refractivity contribution in [3.05, 3.63) is 29.3 Å². The number of rotatable bonds is 1. The van der Waals surface area contributed by atoms with Crippen molar-refractivity contribution in [1.29, 1.82) is 0 Å². The third kappa shape index (κ3) is 3.49. The average Bonchev–Trinajstić information content (AvgIpc) is 2.12. The van der Waals surface area contributed by atoms with Gasteiger partial charge in [-0.3, -0.25) is 0 Å². The Morgan fingerprint density at radius 1 is 1.11 bits per heavy atom. The van der Waals surface area contributed by atoms with E-state index in [9.17, 15) is 4.79 Å². The zero-order valence-corrected chi connectivity index (χ0v) is 12.1. The molecule has 1 aromatic carbocycles. The summed E-state index contributed by atoms with van der Waals surface area (Å²) in [7, 11) is 0. The summed E-state index contributed by atoms with van der Waals surface area (Å²) >= 11 is 0. The summed E-state index contributed by atoms with van der Waals surface area (Å²) in [4.78, 5) is 12.1. The second-order valence-electron chi connectivity index (χ2n) is 6.52. The van der Waals surface area contributed by atoms with Crippen LogP contribution in [-0.2, 0) is 10.2 Å². The summed E-state index contributed by atoms with van der Waals surface area (Å²) < 4.78 is 5.35. The van der Waals surface area contributed by atoms with Crippen LogP contribution in [0.15, 0.2) is 18.2 Å². The van der Waals surface area contributed by atoms with E-state index in [0.717, 1.165) is 5.56 Å². The van der Waals surface area contributed by atoms with Crippen molar-refractivity contribution in [2.75, 3.05) is 5.73 Å². The minimum Gasteiger partial charge on any atom is -0.456 e. The Morgan fingerprint density at radius 3 is 2.11 bits per heavy atom. The van der Waals surface area contributed by atoms with Crippen LogP contribution < -0.4 is 5.73 Å². The molecule has 2 N–H and O–H groups in total. The van der Waals surface area contributed by atoms with Gasteiger partial charge in [-0.05, 0) is 37.8 Å². The fourth-order valence-corrected chi connectivity index (χ4v) is 1.73. The lowest BCUT2D eigenvalue weighted by Crippen LogP contribution is -2.25. The number of carbonyl (C=O) groups is 1. The molecule has 0 aromatic heterocycles.